The van der Waals surface area contributed by atoms with Gasteiger partial charge in [-0.15, -0.1) is 0 Å². The molecule has 0 aliphatic heterocycles. The Kier molecular flexibility index (Phi) is 6.14. The van der Waals surface area contributed by atoms with E-state index in [9.17, 15) is 9.59 Å². The van der Waals surface area contributed by atoms with Gasteiger partial charge in [0.25, 0.3) is 5.91 Å². The molecule has 0 atom stereocenters. The summed E-state index contributed by atoms with van der Waals surface area (Å²) in [6.07, 6.45) is 2.71. The number of hydrogen-bond donors (Lipinski definition) is 2. The first-order chi connectivity index (χ1) is 10.2. The van der Waals surface area contributed by atoms with Gasteiger partial charge in [0, 0.05) is 13.1 Å². The summed E-state index contributed by atoms with van der Waals surface area (Å²) in [4.78, 5) is 23.3. The minimum absolute atomic E-state index is 0.187. The van der Waals surface area contributed by atoms with Crippen molar-refractivity contribution in [1.29, 1.82) is 0 Å². The van der Waals surface area contributed by atoms with Crippen molar-refractivity contribution in [2.45, 2.75) is 54.0 Å². The maximum atomic E-state index is 12.3. The molecule has 124 valence electrons. The maximum Gasteiger partial charge on any atom is 0.309 e. The topological polar surface area (TPSA) is 84.2 Å². The van der Waals surface area contributed by atoms with Crippen LogP contribution < -0.4 is 5.32 Å². The molecule has 1 rings (SSSR count). The molecule has 1 aromatic heterocycles. The summed E-state index contributed by atoms with van der Waals surface area (Å²) in [7, 11) is 0. The zero-order valence-corrected chi connectivity index (χ0v) is 14.1. The van der Waals surface area contributed by atoms with Crippen LogP contribution in [-0.4, -0.2) is 33.3 Å². The Morgan fingerprint density at radius 2 is 2.05 bits per heavy atom. The van der Waals surface area contributed by atoms with Gasteiger partial charge in [0.05, 0.1) is 22.9 Å². The molecule has 0 saturated carbocycles. The van der Waals surface area contributed by atoms with Crippen LogP contribution in [0, 0.1) is 11.3 Å². The Balaban J connectivity index is 2.70. The van der Waals surface area contributed by atoms with E-state index in [2.05, 4.69) is 24.3 Å². The summed E-state index contributed by atoms with van der Waals surface area (Å²) in [6, 6.07) is 0. The quantitative estimate of drug-likeness (QED) is 0.772. The molecule has 0 aromatic carbocycles. The highest BCUT2D eigenvalue weighted by atomic mass is 16.4. The fourth-order valence-corrected chi connectivity index (χ4v) is 2.17. The van der Waals surface area contributed by atoms with E-state index >= 15 is 0 Å². The number of amides is 1. The Labute approximate surface area is 131 Å². The molecule has 22 heavy (non-hydrogen) atoms. The van der Waals surface area contributed by atoms with Gasteiger partial charge in [0.15, 0.2) is 0 Å². The zero-order chi connectivity index (χ0) is 16.9. The molecule has 0 bridgehead atoms. The van der Waals surface area contributed by atoms with E-state index in [4.69, 9.17) is 5.11 Å². The molecule has 1 amide bonds. The van der Waals surface area contributed by atoms with E-state index in [1.807, 2.05) is 11.6 Å². The van der Waals surface area contributed by atoms with Crippen LogP contribution >= 0.6 is 0 Å². The van der Waals surface area contributed by atoms with Gasteiger partial charge in [-0.1, -0.05) is 20.8 Å². The van der Waals surface area contributed by atoms with Gasteiger partial charge in [0.2, 0.25) is 0 Å². The van der Waals surface area contributed by atoms with Gasteiger partial charge in [-0.25, -0.2) is 0 Å². The number of aliphatic carboxylic acids is 1. The van der Waals surface area contributed by atoms with E-state index < -0.39 is 11.4 Å². The Bertz CT molecular complexity index is 533. The third-order valence-corrected chi connectivity index (χ3v) is 3.68. The van der Waals surface area contributed by atoms with Crippen LogP contribution in [0.3, 0.4) is 0 Å². The molecular formula is C16H27N3O3. The summed E-state index contributed by atoms with van der Waals surface area (Å²) in [5.74, 6) is -0.591. The van der Waals surface area contributed by atoms with Gasteiger partial charge >= 0.3 is 5.97 Å². The maximum absolute atomic E-state index is 12.3. The number of nitrogens with zero attached hydrogens (tertiary/aromatic N) is 2. The van der Waals surface area contributed by atoms with Crippen molar-refractivity contribution in [3.05, 3.63) is 17.5 Å². The van der Waals surface area contributed by atoms with Crippen molar-refractivity contribution in [2.75, 3.05) is 6.54 Å². The Morgan fingerprint density at radius 1 is 1.41 bits per heavy atom. The minimum atomic E-state index is -0.860. The number of hydrogen-bond acceptors (Lipinski definition) is 3. The lowest BCUT2D eigenvalue weighted by Gasteiger charge is -2.18. The van der Waals surface area contributed by atoms with E-state index in [1.54, 1.807) is 20.0 Å². The van der Waals surface area contributed by atoms with Crippen LogP contribution in [0.2, 0.25) is 0 Å². The minimum Gasteiger partial charge on any atom is -0.481 e. The van der Waals surface area contributed by atoms with E-state index in [0.29, 0.717) is 24.4 Å². The average molecular weight is 309 g/mol. The number of carboxylic acids is 1. The van der Waals surface area contributed by atoms with Gasteiger partial charge in [-0.2, -0.15) is 5.10 Å². The Hall–Kier alpha value is -1.85. The lowest BCUT2D eigenvalue weighted by Crippen LogP contribution is -2.32. The number of rotatable bonds is 8. The van der Waals surface area contributed by atoms with Gasteiger partial charge < -0.3 is 10.4 Å². The van der Waals surface area contributed by atoms with Crippen molar-refractivity contribution in [1.82, 2.24) is 15.1 Å². The number of carbonyl (C=O) groups excluding carboxylic acids is 1. The second-order valence-electron chi connectivity index (χ2n) is 6.63. The van der Waals surface area contributed by atoms with Gasteiger partial charge in [0.1, 0.15) is 0 Å². The normalized spacial score (nSPS) is 11.7. The Morgan fingerprint density at radius 3 is 2.55 bits per heavy atom. The average Bonchev–Trinajstić information content (AvgIpc) is 2.80. The van der Waals surface area contributed by atoms with Crippen LogP contribution in [0.15, 0.2) is 6.20 Å². The monoisotopic (exact) mass is 309 g/mol. The van der Waals surface area contributed by atoms with Crippen LogP contribution in [0.1, 0.15) is 57.1 Å². The second kappa shape index (κ2) is 7.42. The summed E-state index contributed by atoms with van der Waals surface area (Å²) in [5.41, 5.74) is 0.655. The first-order valence-electron chi connectivity index (χ1n) is 7.75. The number of carbonyl (C=O) groups is 2. The highest BCUT2D eigenvalue weighted by Crippen LogP contribution is 2.19. The summed E-state index contributed by atoms with van der Waals surface area (Å²) in [6.45, 7) is 10.6. The van der Waals surface area contributed by atoms with Crippen LogP contribution in [0.25, 0.3) is 0 Å². The molecule has 0 aliphatic rings. The molecule has 0 aliphatic carbocycles. The molecule has 1 heterocycles. The predicted molar refractivity (Wildman–Crippen MR) is 84.8 cm³/mol. The zero-order valence-electron chi connectivity index (χ0n) is 14.1. The molecule has 0 saturated heterocycles. The first kappa shape index (κ1) is 18.2. The number of nitrogens with one attached hydrogen (secondary N) is 1. The van der Waals surface area contributed by atoms with Crippen molar-refractivity contribution >= 4 is 11.9 Å². The number of carboxylic acid groups (broad SMARTS) is 1. The molecule has 1 aromatic rings. The smallest absolute Gasteiger partial charge is 0.309 e. The summed E-state index contributed by atoms with van der Waals surface area (Å²) < 4.78 is 1.88. The van der Waals surface area contributed by atoms with Crippen molar-refractivity contribution in [3.63, 3.8) is 0 Å². The lowest BCUT2D eigenvalue weighted by atomic mass is 9.90. The second-order valence-corrected chi connectivity index (χ2v) is 6.63. The summed E-state index contributed by atoms with van der Waals surface area (Å²) >= 11 is 0. The highest BCUT2D eigenvalue weighted by molar-refractivity contribution is 5.95. The molecule has 0 spiro atoms. The van der Waals surface area contributed by atoms with E-state index in [0.717, 1.165) is 18.7 Å². The largest absolute Gasteiger partial charge is 0.481 e. The van der Waals surface area contributed by atoms with Crippen molar-refractivity contribution < 1.29 is 14.7 Å². The molecule has 0 unspecified atom stereocenters. The fourth-order valence-electron chi connectivity index (χ4n) is 2.17. The molecular weight excluding hydrogens is 282 g/mol. The standard InChI is InChI=1S/C16H27N3O3/c1-6-13-12(9-18-19(13)10-11(2)3)14(20)17-8-7-16(4,5)15(21)22/h9,11H,6-8,10H2,1-5H3,(H,17,20)(H,21,22). The molecule has 6 nitrogen and oxygen atoms in total. The van der Waals surface area contributed by atoms with E-state index in [-0.39, 0.29) is 5.91 Å². The van der Waals surface area contributed by atoms with Gasteiger partial charge in [-0.05, 0) is 32.6 Å². The molecule has 0 radical (unpaired) electrons. The highest BCUT2D eigenvalue weighted by Gasteiger charge is 2.27. The SMILES string of the molecule is CCc1c(C(=O)NCCC(C)(C)C(=O)O)cnn1CC(C)C. The van der Waals surface area contributed by atoms with E-state index in [1.165, 1.54) is 0 Å². The lowest BCUT2D eigenvalue weighted by molar-refractivity contribution is -0.147. The van der Waals surface area contributed by atoms with Crippen molar-refractivity contribution in [3.8, 4) is 0 Å². The fraction of sp³-hybridized carbons (Fsp3) is 0.688. The third-order valence-electron chi connectivity index (χ3n) is 3.68. The predicted octanol–water partition coefficient (Wildman–Crippen LogP) is 2.33. The van der Waals surface area contributed by atoms with Gasteiger partial charge in [-0.3, -0.25) is 14.3 Å². The van der Waals surface area contributed by atoms with Crippen LogP contribution in [0.5, 0.6) is 0 Å². The summed E-state index contributed by atoms with van der Waals surface area (Å²) in [5, 5.41) is 16.2. The van der Waals surface area contributed by atoms with Crippen LogP contribution in [0.4, 0.5) is 0 Å². The van der Waals surface area contributed by atoms with Crippen molar-refractivity contribution in [2.24, 2.45) is 11.3 Å². The molecule has 0 fully saturated rings. The number of aromatic nitrogens is 2. The first-order valence-corrected chi connectivity index (χ1v) is 7.75. The third kappa shape index (κ3) is 4.58. The van der Waals surface area contributed by atoms with Crippen LogP contribution in [-0.2, 0) is 17.8 Å². The molecule has 2 N–H and O–H groups in total. The molecule has 6 heteroatoms.